The highest BCUT2D eigenvalue weighted by atomic mass is 15.3. The van der Waals surface area contributed by atoms with Crippen LogP contribution in [0.1, 0.15) is 12.6 Å². The number of rotatable bonds is 2. The van der Waals surface area contributed by atoms with Gasteiger partial charge in [0, 0.05) is 18.5 Å². The number of hydrogen-bond acceptors (Lipinski definition) is 2. The normalized spacial score (nSPS) is 13.8. The largest absolute Gasteiger partial charge is 0.325 e. The van der Waals surface area contributed by atoms with E-state index in [1.807, 2.05) is 49.0 Å². The second-order valence-corrected chi connectivity index (χ2v) is 3.74. The smallest absolute Gasteiger partial charge is 0.0929 e. The molecule has 1 heterocycles. The van der Waals surface area contributed by atoms with Gasteiger partial charge in [-0.2, -0.15) is 5.10 Å². The van der Waals surface area contributed by atoms with Crippen LogP contribution in [-0.2, 0) is 7.05 Å². The van der Waals surface area contributed by atoms with Crippen LogP contribution in [0.4, 0.5) is 0 Å². The number of nitrogens with zero attached hydrogens (tertiary/aromatic N) is 2. The lowest BCUT2D eigenvalue weighted by molar-refractivity contribution is 0.770. The van der Waals surface area contributed by atoms with Gasteiger partial charge in [-0.25, -0.2) is 0 Å². The molecule has 0 aliphatic carbocycles. The number of fused-ring (bicyclic) bond motifs is 1. The average molecular weight is 201 g/mol. The molecule has 3 heteroatoms. The fourth-order valence-electron chi connectivity index (χ4n) is 1.61. The van der Waals surface area contributed by atoms with Crippen LogP contribution < -0.4 is 5.73 Å². The molecule has 1 aromatic heterocycles. The summed E-state index contributed by atoms with van der Waals surface area (Å²) in [7, 11) is 1.95. The minimum atomic E-state index is 0.0682. The second kappa shape index (κ2) is 3.87. The molecular weight excluding hydrogens is 186 g/mol. The van der Waals surface area contributed by atoms with Gasteiger partial charge in [0.2, 0.25) is 0 Å². The summed E-state index contributed by atoms with van der Waals surface area (Å²) in [6.45, 7) is 1.95. The first-order chi connectivity index (χ1) is 7.18. The van der Waals surface area contributed by atoms with Crippen molar-refractivity contribution < 1.29 is 0 Å². The fourth-order valence-corrected chi connectivity index (χ4v) is 1.61. The molecule has 2 rings (SSSR count). The molecule has 0 amide bonds. The Morgan fingerprint density at radius 3 is 2.87 bits per heavy atom. The van der Waals surface area contributed by atoms with E-state index in [4.69, 9.17) is 5.73 Å². The van der Waals surface area contributed by atoms with Crippen molar-refractivity contribution in [3.05, 3.63) is 36.0 Å². The molecule has 15 heavy (non-hydrogen) atoms. The zero-order valence-corrected chi connectivity index (χ0v) is 9.01. The summed E-state index contributed by atoms with van der Waals surface area (Å²) < 4.78 is 1.88. The molecule has 0 spiro atoms. The van der Waals surface area contributed by atoms with E-state index in [1.54, 1.807) is 0 Å². The van der Waals surface area contributed by atoms with Crippen LogP contribution in [0.2, 0.25) is 0 Å². The zero-order chi connectivity index (χ0) is 10.8. The summed E-state index contributed by atoms with van der Waals surface area (Å²) in [5.41, 5.74) is 7.80. The number of aryl methyl sites for hydroxylation is 1. The third-order valence-corrected chi connectivity index (χ3v) is 2.34. The van der Waals surface area contributed by atoms with E-state index in [2.05, 4.69) is 11.2 Å². The monoisotopic (exact) mass is 201 g/mol. The van der Waals surface area contributed by atoms with Crippen molar-refractivity contribution in [2.24, 2.45) is 12.8 Å². The van der Waals surface area contributed by atoms with Gasteiger partial charge in [0.15, 0.2) is 0 Å². The lowest BCUT2D eigenvalue weighted by atomic mass is 10.2. The van der Waals surface area contributed by atoms with Gasteiger partial charge in [0.05, 0.1) is 11.2 Å². The van der Waals surface area contributed by atoms with Crippen molar-refractivity contribution in [2.45, 2.75) is 13.0 Å². The quantitative estimate of drug-likeness (QED) is 0.806. The number of nitrogens with two attached hydrogens (primary N) is 1. The van der Waals surface area contributed by atoms with Gasteiger partial charge in [-0.05, 0) is 19.1 Å². The molecule has 0 saturated heterocycles. The molecule has 78 valence electrons. The van der Waals surface area contributed by atoms with Gasteiger partial charge in [-0.15, -0.1) is 0 Å². The van der Waals surface area contributed by atoms with Crippen molar-refractivity contribution in [3.63, 3.8) is 0 Å². The lowest BCUT2D eigenvalue weighted by Gasteiger charge is -1.97. The Morgan fingerprint density at radius 1 is 1.40 bits per heavy atom. The molecule has 1 aromatic carbocycles. The van der Waals surface area contributed by atoms with Gasteiger partial charge >= 0.3 is 0 Å². The maximum absolute atomic E-state index is 5.69. The number of benzene rings is 1. The van der Waals surface area contributed by atoms with Crippen molar-refractivity contribution in [3.8, 4) is 0 Å². The molecule has 3 nitrogen and oxygen atoms in total. The minimum Gasteiger partial charge on any atom is -0.325 e. The predicted molar refractivity (Wildman–Crippen MR) is 63.4 cm³/mol. The third kappa shape index (κ3) is 1.92. The second-order valence-electron chi connectivity index (χ2n) is 3.74. The van der Waals surface area contributed by atoms with Crippen molar-refractivity contribution in [2.75, 3.05) is 0 Å². The SMILES string of the molecule is CC(N)/C=C/c1c2ccccc2nn1C. The highest BCUT2D eigenvalue weighted by Gasteiger charge is 2.04. The third-order valence-electron chi connectivity index (χ3n) is 2.34. The highest BCUT2D eigenvalue weighted by Crippen LogP contribution is 2.18. The summed E-state index contributed by atoms with van der Waals surface area (Å²) in [6.07, 6.45) is 4.00. The molecule has 0 aliphatic heterocycles. The minimum absolute atomic E-state index is 0.0682. The predicted octanol–water partition coefficient (Wildman–Crippen LogP) is 1.93. The van der Waals surface area contributed by atoms with Crippen LogP contribution >= 0.6 is 0 Å². The first-order valence-electron chi connectivity index (χ1n) is 5.04. The molecule has 0 saturated carbocycles. The Bertz CT molecular complexity index is 495. The van der Waals surface area contributed by atoms with Crippen LogP contribution in [0.25, 0.3) is 17.0 Å². The topological polar surface area (TPSA) is 43.8 Å². The molecule has 2 N–H and O–H groups in total. The molecule has 0 fully saturated rings. The molecule has 2 aromatic rings. The summed E-state index contributed by atoms with van der Waals surface area (Å²) in [5.74, 6) is 0. The van der Waals surface area contributed by atoms with Crippen LogP contribution in [0.5, 0.6) is 0 Å². The lowest BCUT2D eigenvalue weighted by Crippen LogP contribution is -2.10. The van der Waals surface area contributed by atoms with Gasteiger partial charge in [0.1, 0.15) is 0 Å². The van der Waals surface area contributed by atoms with Gasteiger partial charge in [-0.1, -0.05) is 24.3 Å². The van der Waals surface area contributed by atoms with Crippen molar-refractivity contribution in [1.29, 1.82) is 0 Å². The van der Waals surface area contributed by atoms with E-state index in [1.165, 1.54) is 0 Å². The molecule has 1 unspecified atom stereocenters. The molecule has 0 bridgehead atoms. The van der Waals surface area contributed by atoms with Gasteiger partial charge in [0.25, 0.3) is 0 Å². The van der Waals surface area contributed by atoms with E-state index in [0.29, 0.717) is 0 Å². The Morgan fingerprint density at radius 2 is 2.13 bits per heavy atom. The van der Waals surface area contributed by atoms with E-state index in [0.717, 1.165) is 16.6 Å². The van der Waals surface area contributed by atoms with Crippen LogP contribution in [0.15, 0.2) is 30.3 Å². The van der Waals surface area contributed by atoms with E-state index < -0.39 is 0 Å². The summed E-state index contributed by atoms with van der Waals surface area (Å²) in [5, 5.41) is 5.58. The zero-order valence-electron chi connectivity index (χ0n) is 9.01. The first-order valence-corrected chi connectivity index (χ1v) is 5.04. The standard InChI is InChI=1S/C12H15N3/c1-9(13)7-8-12-10-5-3-4-6-11(10)14-15(12)2/h3-9H,13H2,1-2H3/b8-7+. The number of aromatic nitrogens is 2. The summed E-state index contributed by atoms with van der Waals surface area (Å²) in [4.78, 5) is 0. The first kappa shape index (κ1) is 9.93. The van der Waals surface area contributed by atoms with Gasteiger partial charge in [-0.3, -0.25) is 4.68 Å². The van der Waals surface area contributed by atoms with Crippen LogP contribution in [0, 0.1) is 0 Å². The summed E-state index contributed by atoms with van der Waals surface area (Å²) >= 11 is 0. The van der Waals surface area contributed by atoms with Crippen LogP contribution in [0.3, 0.4) is 0 Å². The molecule has 0 aliphatic rings. The fraction of sp³-hybridized carbons (Fsp3) is 0.250. The van der Waals surface area contributed by atoms with Crippen molar-refractivity contribution >= 4 is 17.0 Å². The number of hydrogen-bond donors (Lipinski definition) is 1. The molecule has 1 atom stereocenters. The Hall–Kier alpha value is -1.61. The molecular formula is C12H15N3. The Labute approximate surface area is 89.2 Å². The highest BCUT2D eigenvalue weighted by molar-refractivity contribution is 5.86. The summed E-state index contributed by atoms with van der Waals surface area (Å²) in [6, 6.07) is 8.17. The maximum atomic E-state index is 5.69. The van der Waals surface area contributed by atoms with E-state index in [9.17, 15) is 0 Å². The maximum Gasteiger partial charge on any atom is 0.0929 e. The van der Waals surface area contributed by atoms with Gasteiger partial charge < -0.3 is 5.73 Å². The van der Waals surface area contributed by atoms with E-state index >= 15 is 0 Å². The van der Waals surface area contributed by atoms with Crippen molar-refractivity contribution in [1.82, 2.24) is 9.78 Å². The Kier molecular flexibility index (Phi) is 2.56. The Balaban J connectivity index is 2.54. The average Bonchev–Trinajstić information content (AvgIpc) is 2.50. The van der Waals surface area contributed by atoms with Crippen LogP contribution in [-0.4, -0.2) is 15.8 Å². The van der Waals surface area contributed by atoms with E-state index in [-0.39, 0.29) is 6.04 Å². The molecule has 0 radical (unpaired) electrons.